The van der Waals surface area contributed by atoms with Crippen molar-refractivity contribution in [3.63, 3.8) is 0 Å². The summed E-state index contributed by atoms with van der Waals surface area (Å²) in [7, 11) is 0. The van der Waals surface area contributed by atoms with Gasteiger partial charge < -0.3 is 10.2 Å². The summed E-state index contributed by atoms with van der Waals surface area (Å²) in [6, 6.07) is 18.7. The molecular formula is C25H17F3N4O3. The molecule has 0 fully saturated rings. The molecular weight excluding hydrogens is 461 g/mol. The lowest BCUT2D eigenvalue weighted by atomic mass is 10.1. The quantitative estimate of drug-likeness (QED) is 0.174. The highest BCUT2D eigenvalue weighted by Gasteiger charge is 2.30. The molecule has 7 nitrogen and oxygen atoms in total. The molecule has 4 rings (SSSR count). The summed E-state index contributed by atoms with van der Waals surface area (Å²) in [5.41, 5.74) is 1.87. The number of phenols is 2. The molecule has 0 saturated carbocycles. The molecule has 0 unspecified atom stereocenters. The van der Waals surface area contributed by atoms with E-state index in [1.165, 1.54) is 42.5 Å². The number of hydrazone groups is 1. The van der Waals surface area contributed by atoms with Gasteiger partial charge in [-0.2, -0.15) is 28.5 Å². The first-order chi connectivity index (χ1) is 16.7. The number of carbonyl (C=O) groups is 1. The number of carbonyl (C=O) groups excluding carboxylic acids is 1. The number of fused-ring (bicyclic) bond motifs is 1. The van der Waals surface area contributed by atoms with E-state index in [4.69, 9.17) is 0 Å². The topological polar surface area (TPSA) is 107 Å². The fourth-order valence-electron chi connectivity index (χ4n) is 3.20. The number of aromatic hydroxyl groups is 2. The van der Waals surface area contributed by atoms with Crippen LogP contribution in [0.25, 0.3) is 10.8 Å². The highest BCUT2D eigenvalue weighted by Crippen LogP contribution is 2.32. The van der Waals surface area contributed by atoms with Gasteiger partial charge in [0.15, 0.2) is 0 Å². The van der Waals surface area contributed by atoms with Crippen LogP contribution in [0.3, 0.4) is 0 Å². The maximum Gasteiger partial charge on any atom is 0.416 e. The number of nitrogens with zero attached hydrogens (tertiary/aromatic N) is 3. The fourth-order valence-corrected chi connectivity index (χ4v) is 3.20. The molecule has 0 atom stereocenters. The summed E-state index contributed by atoms with van der Waals surface area (Å²) >= 11 is 0. The van der Waals surface area contributed by atoms with Crippen LogP contribution in [-0.4, -0.2) is 22.3 Å². The van der Waals surface area contributed by atoms with E-state index in [9.17, 15) is 28.2 Å². The summed E-state index contributed by atoms with van der Waals surface area (Å²) in [5.74, 6) is -1.05. The number of benzene rings is 4. The van der Waals surface area contributed by atoms with Crippen LogP contribution in [0.5, 0.6) is 11.5 Å². The van der Waals surface area contributed by atoms with Crippen LogP contribution in [0, 0.1) is 0 Å². The number of halogens is 3. The minimum Gasteiger partial charge on any atom is -0.507 e. The average Bonchev–Trinajstić information content (AvgIpc) is 2.83. The van der Waals surface area contributed by atoms with Crippen LogP contribution < -0.4 is 5.43 Å². The van der Waals surface area contributed by atoms with Crippen LogP contribution in [0.2, 0.25) is 0 Å². The molecule has 3 N–H and O–H groups in total. The monoisotopic (exact) mass is 478 g/mol. The minimum atomic E-state index is -4.50. The summed E-state index contributed by atoms with van der Waals surface area (Å²) in [6.07, 6.45) is -3.34. The molecule has 0 aliphatic rings. The SMILES string of the molecule is O=C(N/N=C/c1cc(N=Nc2cccc(C(F)(F)F)c2)ccc1O)c1cc2ccccc2cc1O. The third-order valence-electron chi connectivity index (χ3n) is 4.94. The van der Waals surface area contributed by atoms with Gasteiger partial charge in [-0.15, -0.1) is 0 Å². The van der Waals surface area contributed by atoms with Crippen molar-refractivity contribution in [3.8, 4) is 11.5 Å². The van der Waals surface area contributed by atoms with Gasteiger partial charge in [-0.25, -0.2) is 5.43 Å². The largest absolute Gasteiger partial charge is 0.507 e. The molecule has 0 spiro atoms. The Bertz CT molecular complexity index is 1470. The van der Waals surface area contributed by atoms with Gasteiger partial charge in [-0.1, -0.05) is 30.3 Å². The Morgan fingerprint density at radius 1 is 0.800 bits per heavy atom. The smallest absolute Gasteiger partial charge is 0.416 e. The molecule has 0 aromatic heterocycles. The standard InChI is InChI=1S/C25H17F3N4O3/c26-25(27,28)18-6-3-7-19(13-18)30-31-20-8-9-22(33)17(10-20)14-29-32-24(35)21-11-15-4-1-2-5-16(15)12-23(21)34/h1-14,33-34H,(H,32,35)/b29-14+,31-30?. The van der Waals surface area contributed by atoms with E-state index in [-0.39, 0.29) is 34.0 Å². The summed E-state index contributed by atoms with van der Waals surface area (Å²) in [6.45, 7) is 0. The second-order valence-electron chi connectivity index (χ2n) is 7.41. The van der Waals surface area contributed by atoms with Crippen LogP contribution in [0.15, 0.2) is 94.2 Å². The zero-order chi connectivity index (χ0) is 25.0. The van der Waals surface area contributed by atoms with Gasteiger partial charge in [-0.05, 0) is 59.3 Å². The number of phenolic OH excluding ortho intramolecular Hbond substituents is 2. The molecule has 10 heteroatoms. The van der Waals surface area contributed by atoms with E-state index in [0.29, 0.717) is 0 Å². The van der Waals surface area contributed by atoms with E-state index in [2.05, 4.69) is 20.8 Å². The zero-order valence-corrected chi connectivity index (χ0v) is 17.9. The summed E-state index contributed by atoms with van der Waals surface area (Å²) < 4.78 is 38.5. The van der Waals surface area contributed by atoms with Crippen molar-refractivity contribution in [2.45, 2.75) is 6.18 Å². The van der Waals surface area contributed by atoms with Gasteiger partial charge in [-0.3, -0.25) is 4.79 Å². The number of rotatable bonds is 5. The van der Waals surface area contributed by atoms with Crippen molar-refractivity contribution in [3.05, 3.63) is 95.6 Å². The maximum absolute atomic E-state index is 12.8. The molecule has 176 valence electrons. The Labute approximate surface area is 196 Å². The lowest BCUT2D eigenvalue weighted by Gasteiger charge is -2.06. The molecule has 0 saturated heterocycles. The first-order valence-corrected chi connectivity index (χ1v) is 10.2. The van der Waals surface area contributed by atoms with E-state index in [1.807, 2.05) is 6.07 Å². The zero-order valence-electron chi connectivity index (χ0n) is 17.9. The Morgan fingerprint density at radius 2 is 1.49 bits per heavy atom. The molecule has 0 bridgehead atoms. The molecule has 0 aliphatic carbocycles. The van der Waals surface area contributed by atoms with Gasteiger partial charge in [0.25, 0.3) is 5.91 Å². The Morgan fingerprint density at radius 3 is 2.20 bits per heavy atom. The lowest BCUT2D eigenvalue weighted by molar-refractivity contribution is -0.137. The second kappa shape index (κ2) is 9.64. The second-order valence-corrected chi connectivity index (χ2v) is 7.41. The van der Waals surface area contributed by atoms with E-state index in [1.54, 1.807) is 18.2 Å². The van der Waals surface area contributed by atoms with Crippen molar-refractivity contribution in [1.29, 1.82) is 0 Å². The Hall–Kier alpha value is -4.73. The molecule has 1 amide bonds. The molecule has 35 heavy (non-hydrogen) atoms. The fraction of sp³-hybridized carbons (Fsp3) is 0.0400. The molecule has 0 heterocycles. The van der Waals surface area contributed by atoms with Gasteiger partial charge in [0.05, 0.1) is 28.7 Å². The number of azo groups is 1. The van der Waals surface area contributed by atoms with Crippen LogP contribution in [0.4, 0.5) is 24.5 Å². The lowest BCUT2D eigenvalue weighted by Crippen LogP contribution is -2.17. The number of hydrogen-bond donors (Lipinski definition) is 3. The van der Waals surface area contributed by atoms with Crippen molar-refractivity contribution in [1.82, 2.24) is 5.43 Å². The van der Waals surface area contributed by atoms with Gasteiger partial charge in [0, 0.05) is 5.56 Å². The Balaban J connectivity index is 1.49. The third-order valence-corrected chi connectivity index (χ3v) is 4.94. The van der Waals surface area contributed by atoms with Crippen LogP contribution >= 0.6 is 0 Å². The van der Waals surface area contributed by atoms with E-state index in [0.717, 1.165) is 29.1 Å². The normalized spacial score (nSPS) is 12.0. The molecule has 4 aromatic rings. The van der Waals surface area contributed by atoms with E-state index < -0.39 is 17.6 Å². The predicted molar refractivity (Wildman–Crippen MR) is 124 cm³/mol. The van der Waals surface area contributed by atoms with Crippen LogP contribution in [0.1, 0.15) is 21.5 Å². The van der Waals surface area contributed by atoms with Crippen molar-refractivity contribution in [2.24, 2.45) is 15.3 Å². The van der Waals surface area contributed by atoms with Crippen molar-refractivity contribution < 1.29 is 28.2 Å². The minimum absolute atomic E-state index is 0.00516. The van der Waals surface area contributed by atoms with Crippen LogP contribution in [-0.2, 0) is 6.18 Å². The molecule has 4 aromatic carbocycles. The first kappa shape index (κ1) is 23.4. The number of nitrogens with one attached hydrogen (secondary N) is 1. The molecule has 0 radical (unpaired) electrons. The summed E-state index contributed by atoms with van der Waals surface area (Å²) in [5, 5.41) is 33.2. The Kier molecular flexibility index (Phi) is 6.45. The summed E-state index contributed by atoms with van der Waals surface area (Å²) in [4.78, 5) is 12.4. The van der Waals surface area contributed by atoms with Gasteiger partial charge in [0.2, 0.25) is 0 Å². The maximum atomic E-state index is 12.8. The predicted octanol–water partition coefficient (Wildman–Crippen LogP) is 6.45. The number of amides is 1. The van der Waals surface area contributed by atoms with Gasteiger partial charge in [0.1, 0.15) is 11.5 Å². The third kappa shape index (κ3) is 5.61. The average molecular weight is 478 g/mol. The highest BCUT2D eigenvalue weighted by atomic mass is 19.4. The first-order valence-electron chi connectivity index (χ1n) is 10.2. The van der Waals surface area contributed by atoms with Gasteiger partial charge >= 0.3 is 6.18 Å². The number of alkyl halides is 3. The van der Waals surface area contributed by atoms with E-state index >= 15 is 0 Å². The van der Waals surface area contributed by atoms with Crippen molar-refractivity contribution >= 4 is 34.3 Å². The molecule has 0 aliphatic heterocycles. The number of hydrogen-bond acceptors (Lipinski definition) is 6. The van der Waals surface area contributed by atoms with Crippen molar-refractivity contribution in [2.75, 3.05) is 0 Å². The highest BCUT2D eigenvalue weighted by molar-refractivity contribution is 6.01.